The first kappa shape index (κ1) is 44.3. The molecule has 1 N–H and O–H groups in total. The number of hydrogen-bond donors (Lipinski definition) is 1. The van der Waals surface area contributed by atoms with E-state index in [9.17, 15) is 27.5 Å². The molecule has 61 heavy (non-hydrogen) atoms. The molecule has 312 valence electrons. The summed E-state index contributed by atoms with van der Waals surface area (Å²) in [5.41, 5.74) is 7.55. The van der Waals surface area contributed by atoms with Crippen LogP contribution in [0.25, 0.3) is 11.1 Å². The molecule has 2 aliphatic rings. The van der Waals surface area contributed by atoms with Gasteiger partial charge >= 0.3 is 0 Å². The molecule has 8 rings (SSSR count). The summed E-state index contributed by atoms with van der Waals surface area (Å²) < 4.78 is 54.8. The van der Waals surface area contributed by atoms with Gasteiger partial charge < -0.3 is 5.11 Å². The molecule has 1 atom stereocenters. The summed E-state index contributed by atoms with van der Waals surface area (Å²) >= 11 is 24.2. The summed E-state index contributed by atoms with van der Waals surface area (Å²) in [5.74, 6) is -2.74. The van der Waals surface area contributed by atoms with Crippen molar-refractivity contribution in [3.63, 3.8) is 0 Å². The second kappa shape index (κ2) is 19.5. The molecule has 2 saturated heterocycles. The van der Waals surface area contributed by atoms with E-state index in [-0.39, 0.29) is 17.6 Å². The van der Waals surface area contributed by atoms with E-state index in [1.54, 1.807) is 6.92 Å². The molecule has 12 heteroatoms. The number of aliphatic hydroxyl groups is 1. The monoisotopic (exact) mass is 902 g/mol. The molecule has 4 nitrogen and oxygen atoms in total. The van der Waals surface area contributed by atoms with E-state index in [2.05, 4.69) is 9.80 Å². The van der Waals surface area contributed by atoms with Crippen molar-refractivity contribution in [3.8, 4) is 0 Å². The minimum Gasteiger partial charge on any atom is -0.389 e. The molecule has 0 aromatic heterocycles. The first-order valence-electron chi connectivity index (χ1n) is 19.3. The number of aldehydes is 1. The van der Waals surface area contributed by atoms with Crippen molar-refractivity contribution in [2.45, 2.75) is 25.1 Å². The zero-order valence-corrected chi connectivity index (χ0v) is 35.6. The number of halogens is 8. The minimum absolute atomic E-state index is 0.0437. The van der Waals surface area contributed by atoms with Crippen LogP contribution in [-0.4, -0.2) is 53.5 Å². The van der Waals surface area contributed by atoms with Crippen molar-refractivity contribution in [1.29, 1.82) is 0 Å². The Morgan fingerprint density at radius 1 is 0.508 bits per heavy atom. The van der Waals surface area contributed by atoms with Gasteiger partial charge in [-0.3, -0.25) is 14.6 Å². The van der Waals surface area contributed by atoms with Crippen LogP contribution >= 0.6 is 46.4 Å². The van der Waals surface area contributed by atoms with Crippen LogP contribution in [0.15, 0.2) is 145 Å². The highest BCUT2D eigenvalue weighted by Gasteiger charge is 2.34. The number of carbonyl (C=O) groups excluding carboxylic acids is 1. The standard InChI is InChI=1S/C25H21Cl2F2NO.C24H17Cl2F2NO/c1-15(31)24(18-10-22(28)12-23(29)11-18)19-13-30(14-19)25(16-2-6-20(26)7-3-16)17-4-8-21(27)9-5-17;25-19-5-1-15(2-6-19)24(16-3-7-20(26)8-4-16)29-12-18(13-29)23(14-30)17-9-21(27)11-22(28)10-17/h2-12,15,25,31H,13-14H2,1H3;1-11,14,24H,12-13H2. The van der Waals surface area contributed by atoms with E-state index in [0.29, 0.717) is 69.3 Å². The van der Waals surface area contributed by atoms with E-state index >= 15 is 0 Å². The lowest BCUT2D eigenvalue weighted by atomic mass is 9.87. The number of hydrogen-bond acceptors (Lipinski definition) is 4. The first-order valence-corrected chi connectivity index (χ1v) is 20.8. The predicted octanol–water partition coefficient (Wildman–Crippen LogP) is 12.8. The number of benzene rings is 6. The van der Waals surface area contributed by atoms with Gasteiger partial charge in [0.05, 0.1) is 18.2 Å². The molecular weight excluding hydrogens is 866 g/mol. The van der Waals surface area contributed by atoms with Gasteiger partial charge in [0.25, 0.3) is 0 Å². The van der Waals surface area contributed by atoms with E-state index in [1.807, 2.05) is 97.1 Å². The zero-order valence-electron chi connectivity index (χ0n) is 32.6. The van der Waals surface area contributed by atoms with Gasteiger partial charge in [0.15, 0.2) is 6.29 Å². The molecular formula is C49H38Cl4F4N2O2. The van der Waals surface area contributed by atoms with Crippen LogP contribution in [0.2, 0.25) is 20.1 Å². The number of rotatable bonds is 10. The van der Waals surface area contributed by atoms with E-state index in [4.69, 9.17) is 46.4 Å². The third-order valence-electron chi connectivity index (χ3n) is 10.7. The molecule has 0 bridgehead atoms. The lowest BCUT2D eigenvalue weighted by Crippen LogP contribution is -2.44. The molecule has 0 saturated carbocycles. The van der Waals surface area contributed by atoms with Crippen molar-refractivity contribution in [2.75, 3.05) is 26.2 Å². The highest BCUT2D eigenvalue weighted by atomic mass is 35.5. The maximum Gasteiger partial charge on any atom is 0.150 e. The van der Waals surface area contributed by atoms with Crippen molar-refractivity contribution >= 4 is 63.8 Å². The number of aliphatic hydroxyl groups excluding tert-OH is 1. The Morgan fingerprint density at radius 2 is 0.803 bits per heavy atom. The van der Waals surface area contributed by atoms with Gasteiger partial charge in [-0.2, -0.15) is 0 Å². The number of allylic oxidation sites excluding steroid dienone is 1. The van der Waals surface area contributed by atoms with Gasteiger partial charge in [-0.1, -0.05) is 94.9 Å². The highest BCUT2D eigenvalue weighted by Crippen LogP contribution is 2.40. The Hall–Kier alpha value is -4.77. The second-order valence-electron chi connectivity index (χ2n) is 15.0. The average molecular weight is 905 g/mol. The zero-order chi connectivity index (χ0) is 43.4. The smallest absolute Gasteiger partial charge is 0.150 e. The molecule has 2 heterocycles. The summed E-state index contributed by atoms with van der Waals surface area (Å²) in [5, 5.41) is 13.0. The van der Waals surface area contributed by atoms with Crippen LogP contribution in [0, 0.1) is 23.3 Å². The van der Waals surface area contributed by atoms with Crippen molar-refractivity contribution in [2.24, 2.45) is 0 Å². The van der Waals surface area contributed by atoms with Gasteiger partial charge in [0.1, 0.15) is 23.3 Å². The van der Waals surface area contributed by atoms with Crippen LogP contribution < -0.4 is 0 Å². The quantitative estimate of drug-likeness (QED) is 0.0845. The molecule has 2 aliphatic heterocycles. The van der Waals surface area contributed by atoms with Crippen LogP contribution in [0.5, 0.6) is 0 Å². The molecule has 0 amide bonds. The summed E-state index contributed by atoms with van der Waals surface area (Å²) in [7, 11) is 0. The third-order valence-corrected chi connectivity index (χ3v) is 11.7. The largest absolute Gasteiger partial charge is 0.389 e. The number of likely N-dealkylation sites (tertiary alicyclic amines) is 2. The van der Waals surface area contributed by atoms with Crippen LogP contribution in [0.3, 0.4) is 0 Å². The predicted molar refractivity (Wildman–Crippen MR) is 237 cm³/mol. The Bertz CT molecular complexity index is 2440. The second-order valence-corrected chi connectivity index (χ2v) is 16.7. The van der Waals surface area contributed by atoms with Gasteiger partial charge in [0.2, 0.25) is 0 Å². The maximum atomic E-state index is 13.8. The average Bonchev–Trinajstić information content (AvgIpc) is 3.18. The molecule has 0 spiro atoms. The lowest BCUT2D eigenvalue weighted by Gasteiger charge is -2.43. The van der Waals surface area contributed by atoms with Gasteiger partial charge in [-0.15, -0.1) is 0 Å². The lowest BCUT2D eigenvalue weighted by molar-refractivity contribution is -0.103. The summed E-state index contributed by atoms with van der Waals surface area (Å²) in [6, 6.07) is 37.0. The van der Waals surface area contributed by atoms with Crippen molar-refractivity contribution in [3.05, 3.63) is 221 Å². The van der Waals surface area contributed by atoms with Crippen molar-refractivity contribution < 1.29 is 27.5 Å². The van der Waals surface area contributed by atoms with Crippen LogP contribution in [-0.2, 0) is 4.79 Å². The van der Waals surface area contributed by atoms with E-state index in [1.165, 1.54) is 24.3 Å². The SMILES string of the molecule is CC(O)C(=C1CN(C(c2ccc(Cl)cc2)c2ccc(Cl)cc2)C1)c1cc(F)cc(F)c1.O=CC(=C1CN(C(c2ccc(Cl)cc2)c2ccc(Cl)cc2)C1)c1cc(F)cc(F)c1. The molecule has 6 aromatic carbocycles. The Labute approximate surface area is 371 Å². The summed E-state index contributed by atoms with van der Waals surface area (Å²) in [4.78, 5) is 16.1. The highest BCUT2D eigenvalue weighted by molar-refractivity contribution is 6.31. The molecule has 1 unspecified atom stereocenters. The van der Waals surface area contributed by atoms with Gasteiger partial charge in [0, 0.05) is 64.0 Å². The fourth-order valence-corrected chi connectivity index (χ4v) is 8.42. The third kappa shape index (κ3) is 10.6. The Balaban J connectivity index is 0.000000184. The number of carbonyl (C=O) groups is 1. The fourth-order valence-electron chi connectivity index (χ4n) is 7.92. The van der Waals surface area contributed by atoms with Gasteiger partial charge in [-0.05, 0) is 130 Å². The van der Waals surface area contributed by atoms with Crippen molar-refractivity contribution in [1.82, 2.24) is 9.80 Å². The number of nitrogens with zero attached hydrogens (tertiary/aromatic N) is 2. The minimum atomic E-state index is -0.845. The Morgan fingerprint density at radius 3 is 1.10 bits per heavy atom. The van der Waals surface area contributed by atoms with Gasteiger partial charge in [-0.25, -0.2) is 17.6 Å². The molecule has 2 fully saturated rings. The van der Waals surface area contributed by atoms with Crippen LogP contribution in [0.4, 0.5) is 17.6 Å². The fraction of sp³-hybridized carbons (Fsp3) is 0.163. The summed E-state index contributed by atoms with van der Waals surface area (Å²) in [6.45, 7) is 3.75. The maximum absolute atomic E-state index is 13.8. The first-order chi connectivity index (χ1) is 29.3. The Kier molecular flexibility index (Phi) is 14.2. The summed E-state index contributed by atoms with van der Waals surface area (Å²) in [6.07, 6.45) is -0.177. The normalized spacial score (nSPS) is 14.6. The molecule has 6 aromatic rings. The van der Waals surface area contributed by atoms with Crippen LogP contribution in [0.1, 0.15) is 52.4 Å². The van der Waals surface area contributed by atoms with E-state index in [0.717, 1.165) is 45.5 Å². The molecule has 0 radical (unpaired) electrons. The topological polar surface area (TPSA) is 43.8 Å². The van der Waals surface area contributed by atoms with E-state index < -0.39 is 29.4 Å². The molecule has 0 aliphatic carbocycles.